The number of anilines is 1. The molecule has 138 valence electrons. The van der Waals surface area contributed by atoms with Crippen LogP contribution in [0.5, 0.6) is 0 Å². The average Bonchev–Trinajstić information content (AvgIpc) is 2.50. The summed E-state index contributed by atoms with van der Waals surface area (Å²) in [5, 5.41) is 8.24. The third-order valence-corrected chi connectivity index (χ3v) is 4.47. The van der Waals surface area contributed by atoms with Gasteiger partial charge in [0.2, 0.25) is 5.91 Å². The maximum Gasteiger partial charge on any atom is 0.417 e. The quantitative estimate of drug-likeness (QED) is 0.854. The highest BCUT2D eigenvalue weighted by Gasteiger charge is 2.35. The summed E-state index contributed by atoms with van der Waals surface area (Å²) in [4.78, 5) is 26.2. The minimum atomic E-state index is -4.53. The van der Waals surface area contributed by atoms with Gasteiger partial charge in [0.15, 0.2) is 0 Å². The second-order valence-electron chi connectivity index (χ2n) is 5.85. The number of carboxylic acids is 1. The van der Waals surface area contributed by atoms with Crippen molar-refractivity contribution in [2.45, 2.75) is 32.0 Å². The molecule has 0 bridgehead atoms. The van der Waals surface area contributed by atoms with Crippen LogP contribution < -0.4 is 4.90 Å². The molecular formula is C16H18ClF3N2O3. The Morgan fingerprint density at radius 3 is 2.60 bits per heavy atom. The predicted octanol–water partition coefficient (Wildman–Crippen LogP) is 3.26. The number of carboxylic acid groups (broad SMARTS) is 1. The van der Waals surface area contributed by atoms with E-state index in [1.807, 2.05) is 0 Å². The first-order chi connectivity index (χ1) is 11.6. The molecule has 25 heavy (non-hydrogen) atoms. The molecule has 9 heteroatoms. The van der Waals surface area contributed by atoms with Gasteiger partial charge >= 0.3 is 12.1 Å². The summed E-state index contributed by atoms with van der Waals surface area (Å²) >= 11 is 5.75. The number of rotatable bonds is 5. The molecule has 1 heterocycles. The van der Waals surface area contributed by atoms with E-state index in [0.29, 0.717) is 31.7 Å². The number of nitrogens with zero attached hydrogens (tertiary/aromatic N) is 2. The lowest BCUT2D eigenvalue weighted by Crippen LogP contribution is -2.56. The summed E-state index contributed by atoms with van der Waals surface area (Å²) in [5.41, 5.74) is -0.465. The molecule has 0 saturated carbocycles. The number of amides is 1. The van der Waals surface area contributed by atoms with Crippen LogP contribution in [-0.2, 0) is 15.8 Å². The fraction of sp³-hybridized carbons (Fsp3) is 0.500. The van der Waals surface area contributed by atoms with E-state index in [9.17, 15) is 22.8 Å². The second-order valence-corrected chi connectivity index (χ2v) is 6.26. The largest absolute Gasteiger partial charge is 0.481 e. The lowest BCUT2D eigenvalue weighted by Gasteiger charge is -2.40. The first-order valence-corrected chi connectivity index (χ1v) is 8.13. The highest BCUT2D eigenvalue weighted by atomic mass is 35.5. The zero-order valence-corrected chi connectivity index (χ0v) is 14.3. The first-order valence-electron chi connectivity index (χ1n) is 7.75. The molecule has 1 saturated heterocycles. The Hall–Kier alpha value is -1.96. The molecule has 1 aliphatic rings. The number of hydrogen-bond donors (Lipinski definition) is 1. The molecule has 1 aliphatic heterocycles. The van der Waals surface area contributed by atoms with Crippen LogP contribution in [0.25, 0.3) is 0 Å². The molecule has 1 aromatic carbocycles. The summed E-state index contributed by atoms with van der Waals surface area (Å²) in [6.45, 7) is 2.82. The average molecular weight is 379 g/mol. The van der Waals surface area contributed by atoms with Crippen molar-refractivity contribution in [1.29, 1.82) is 0 Å². The Morgan fingerprint density at radius 2 is 2.04 bits per heavy atom. The third kappa shape index (κ3) is 4.56. The molecule has 2 rings (SSSR count). The number of aliphatic carboxylic acids is 1. The lowest BCUT2D eigenvalue weighted by atomic mass is 10.1. The fourth-order valence-corrected chi connectivity index (χ4v) is 3.12. The number of hydrogen-bond acceptors (Lipinski definition) is 3. The van der Waals surface area contributed by atoms with Gasteiger partial charge in [0.05, 0.1) is 10.6 Å². The molecule has 1 amide bonds. The van der Waals surface area contributed by atoms with Gasteiger partial charge in [-0.25, -0.2) is 0 Å². The van der Waals surface area contributed by atoms with Crippen molar-refractivity contribution in [2.75, 3.05) is 24.5 Å². The highest BCUT2D eigenvalue weighted by Crippen LogP contribution is 2.37. The molecule has 0 radical (unpaired) electrons. The van der Waals surface area contributed by atoms with E-state index >= 15 is 0 Å². The lowest BCUT2D eigenvalue weighted by molar-refractivity contribution is -0.138. The van der Waals surface area contributed by atoms with E-state index in [4.69, 9.17) is 16.7 Å². The Labute approximate surface area is 148 Å². The topological polar surface area (TPSA) is 60.9 Å². The predicted molar refractivity (Wildman–Crippen MR) is 86.7 cm³/mol. The molecule has 0 unspecified atom stereocenters. The minimum absolute atomic E-state index is 0.0175. The number of piperazine rings is 1. The van der Waals surface area contributed by atoms with Crippen LogP contribution in [0.1, 0.15) is 25.3 Å². The molecule has 0 spiro atoms. The zero-order valence-electron chi connectivity index (χ0n) is 13.5. The van der Waals surface area contributed by atoms with Gasteiger partial charge in [-0.15, -0.1) is 0 Å². The van der Waals surface area contributed by atoms with Crippen LogP contribution in [0.15, 0.2) is 18.2 Å². The van der Waals surface area contributed by atoms with Gasteiger partial charge in [-0.3, -0.25) is 9.59 Å². The zero-order chi connectivity index (χ0) is 18.8. The van der Waals surface area contributed by atoms with Gasteiger partial charge in [0.1, 0.15) is 6.04 Å². The van der Waals surface area contributed by atoms with Crippen molar-refractivity contribution in [1.82, 2.24) is 4.90 Å². The van der Waals surface area contributed by atoms with Gasteiger partial charge in [0, 0.05) is 31.7 Å². The molecule has 1 atom stereocenters. The van der Waals surface area contributed by atoms with Crippen LogP contribution in [0.4, 0.5) is 18.9 Å². The first kappa shape index (κ1) is 19.4. The van der Waals surface area contributed by atoms with Crippen LogP contribution in [0.2, 0.25) is 5.02 Å². The Balaban J connectivity index is 2.09. The van der Waals surface area contributed by atoms with Crippen molar-refractivity contribution in [3.05, 3.63) is 28.8 Å². The van der Waals surface area contributed by atoms with Crippen molar-refractivity contribution < 1.29 is 27.9 Å². The second kappa shape index (κ2) is 7.51. The summed E-state index contributed by atoms with van der Waals surface area (Å²) in [5.74, 6) is -1.11. The molecule has 0 aliphatic carbocycles. The van der Waals surface area contributed by atoms with Crippen LogP contribution >= 0.6 is 11.6 Å². The Bertz CT molecular complexity index is 667. The maximum atomic E-state index is 12.8. The molecule has 5 nitrogen and oxygen atoms in total. The molecule has 1 fully saturated rings. The van der Waals surface area contributed by atoms with Gasteiger partial charge in [0.25, 0.3) is 0 Å². The van der Waals surface area contributed by atoms with E-state index in [-0.39, 0.29) is 12.3 Å². The summed E-state index contributed by atoms with van der Waals surface area (Å²) < 4.78 is 38.4. The summed E-state index contributed by atoms with van der Waals surface area (Å²) in [7, 11) is 0. The normalized spacial score (nSPS) is 18.6. The van der Waals surface area contributed by atoms with Gasteiger partial charge in [-0.05, 0) is 31.5 Å². The van der Waals surface area contributed by atoms with Gasteiger partial charge in [-0.1, -0.05) is 11.6 Å². The van der Waals surface area contributed by atoms with E-state index in [2.05, 4.69) is 0 Å². The van der Waals surface area contributed by atoms with E-state index in [0.717, 1.165) is 6.07 Å². The van der Waals surface area contributed by atoms with Crippen molar-refractivity contribution in [3.8, 4) is 0 Å². The monoisotopic (exact) mass is 378 g/mol. The maximum absolute atomic E-state index is 12.8. The van der Waals surface area contributed by atoms with Crippen molar-refractivity contribution in [2.24, 2.45) is 0 Å². The Morgan fingerprint density at radius 1 is 1.36 bits per heavy atom. The number of alkyl halides is 3. The molecule has 0 aromatic heterocycles. The minimum Gasteiger partial charge on any atom is -0.481 e. The molecular weight excluding hydrogens is 361 g/mol. The summed E-state index contributed by atoms with van der Waals surface area (Å²) in [6, 6.07) is 2.87. The summed E-state index contributed by atoms with van der Waals surface area (Å²) in [6.07, 6.45) is -4.18. The van der Waals surface area contributed by atoms with Crippen molar-refractivity contribution >= 4 is 29.2 Å². The standard InChI is InChI=1S/C16H18ClF3N2O3/c1-10-15(25)21(6-2-3-14(23)24)7-8-22(10)11-4-5-12(13(17)9-11)16(18,19)20/h4-5,9-10H,2-3,6-8H2,1H3,(H,23,24)/t10-/m0/s1. The van der Waals surface area contributed by atoms with Crippen molar-refractivity contribution in [3.63, 3.8) is 0 Å². The van der Waals surface area contributed by atoms with E-state index < -0.39 is 28.8 Å². The van der Waals surface area contributed by atoms with Gasteiger partial charge in [-0.2, -0.15) is 13.2 Å². The number of benzene rings is 1. The van der Waals surface area contributed by atoms with E-state index in [1.54, 1.807) is 16.7 Å². The van der Waals surface area contributed by atoms with Gasteiger partial charge < -0.3 is 14.9 Å². The third-order valence-electron chi connectivity index (χ3n) is 4.16. The smallest absolute Gasteiger partial charge is 0.417 e. The molecule has 1 N–H and O–H groups in total. The van der Waals surface area contributed by atoms with Crippen LogP contribution in [0.3, 0.4) is 0 Å². The molecule has 1 aromatic rings. The highest BCUT2D eigenvalue weighted by molar-refractivity contribution is 6.31. The number of halogens is 4. The number of carbonyl (C=O) groups is 2. The SMILES string of the molecule is C[C@H]1C(=O)N(CCCC(=O)O)CCN1c1ccc(C(F)(F)F)c(Cl)c1. The van der Waals surface area contributed by atoms with Crippen LogP contribution in [0, 0.1) is 0 Å². The van der Waals surface area contributed by atoms with Crippen LogP contribution in [-0.4, -0.2) is 47.6 Å². The van der Waals surface area contributed by atoms with E-state index in [1.165, 1.54) is 12.1 Å². The number of carbonyl (C=O) groups excluding carboxylic acids is 1. The fourth-order valence-electron chi connectivity index (χ4n) is 2.84. The Kier molecular flexibility index (Phi) is 5.82.